The van der Waals surface area contributed by atoms with Gasteiger partial charge in [0.1, 0.15) is 24.3 Å². The van der Waals surface area contributed by atoms with E-state index in [9.17, 15) is 27.6 Å². The molecule has 0 radical (unpaired) electrons. The van der Waals surface area contributed by atoms with E-state index in [2.05, 4.69) is 25.7 Å². The predicted molar refractivity (Wildman–Crippen MR) is 129 cm³/mol. The van der Waals surface area contributed by atoms with Gasteiger partial charge < -0.3 is 20.8 Å². The van der Waals surface area contributed by atoms with Gasteiger partial charge in [0.15, 0.2) is 11.5 Å². The topological polar surface area (TPSA) is 161 Å². The number of nitrogens with one attached hydrogen (secondary N) is 2. The molecule has 4 N–H and O–H groups in total. The zero-order valence-electron chi connectivity index (χ0n) is 20.5. The van der Waals surface area contributed by atoms with Crippen LogP contribution in [0.4, 0.5) is 30.5 Å². The number of hydrogen-bond donors (Lipinski definition) is 3. The number of hydrogen-bond acceptors (Lipinski definition) is 8. The lowest BCUT2D eigenvalue weighted by Crippen LogP contribution is -2.32. The van der Waals surface area contributed by atoms with Crippen LogP contribution in [-0.4, -0.2) is 56.7 Å². The van der Waals surface area contributed by atoms with Gasteiger partial charge in [-0.15, -0.1) is 0 Å². The Labute approximate surface area is 214 Å². The number of carbonyl (C=O) groups is 3. The van der Waals surface area contributed by atoms with Crippen LogP contribution >= 0.6 is 0 Å². The Morgan fingerprint density at radius 1 is 1.29 bits per heavy atom. The Bertz CT molecular complexity index is 1360. The molecule has 4 heterocycles. The zero-order chi connectivity index (χ0) is 27.7. The van der Waals surface area contributed by atoms with Crippen molar-refractivity contribution in [3.63, 3.8) is 0 Å². The molecule has 3 amide bonds. The minimum atomic E-state index is -4.42. The minimum absolute atomic E-state index is 0.00629. The summed E-state index contributed by atoms with van der Waals surface area (Å²) in [6, 6.07) is 2.77. The van der Waals surface area contributed by atoms with Crippen LogP contribution in [0.2, 0.25) is 0 Å². The van der Waals surface area contributed by atoms with Crippen molar-refractivity contribution in [1.29, 1.82) is 0 Å². The first-order chi connectivity index (χ1) is 17.8. The molecule has 0 saturated carbocycles. The summed E-state index contributed by atoms with van der Waals surface area (Å²) in [5.74, 6) is -1.21. The Hall–Kier alpha value is -4.43. The average Bonchev–Trinajstić information content (AvgIpc) is 3.55. The van der Waals surface area contributed by atoms with Crippen molar-refractivity contribution >= 4 is 35.0 Å². The van der Waals surface area contributed by atoms with E-state index in [0.717, 1.165) is 6.26 Å². The highest BCUT2D eigenvalue weighted by molar-refractivity contribution is 6.07. The fraction of sp³-hybridized carbons (Fsp3) is 0.391. The van der Waals surface area contributed by atoms with Crippen molar-refractivity contribution in [1.82, 2.24) is 19.7 Å². The van der Waals surface area contributed by atoms with Gasteiger partial charge in [0.2, 0.25) is 17.7 Å². The third-order valence-corrected chi connectivity index (χ3v) is 5.83. The van der Waals surface area contributed by atoms with Gasteiger partial charge in [-0.2, -0.15) is 18.3 Å². The number of aryl methyl sites for hydroxylation is 1. The van der Waals surface area contributed by atoms with E-state index in [4.69, 9.17) is 10.2 Å². The van der Waals surface area contributed by atoms with Gasteiger partial charge in [0, 0.05) is 36.7 Å². The Kier molecular flexibility index (Phi) is 7.11. The molecule has 4 rings (SSSR count). The first-order valence-electron chi connectivity index (χ1n) is 11.5. The third-order valence-electron chi connectivity index (χ3n) is 5.83. The largest absolute Gasteiger partial charge is 0.444 e. The lowest BCUT2D eigenvalue weighted by atomic mass is 9.92. The molecule has 3 aromatic rings. The summed E-state index contributed by atoms with van der Waals surface area (Å²) < 4.78 is 44.2. The van der Waals surface area contributed by atoms with Gasteiger partial charge in [-0.1, -0.05) is 13.8 Å². The van der Waals surface area contributed by atoms with Crippen molar-refractivity contribution in [2.45, 2.75) is 39.4 Å². The van der Waals surface area contributed by atoms with Crippen LogP contribution in [0.15, 0.2) is 35.2 Å². The molecular formula is C23H25F3N8O4. The maximum absolute atomic E-state index is 13.0. The first-order valence-corrected chi connectivity index (χ1v) is 11.5. The third kappa shape index (κ3) is 6.10. The van der Waals surface area contributed by atoms with Crippen molar-refractivity contribution < 1.29 is 32.0 Å². The predicted octanol–water partition coefficient (Wildman–Crippen LogP) is 2.80. The molecule has 0 spiro atoms. The molecule has 15 heteroatoms. The van der Waals surface area contributed by atoms with Crippen LogP contribution in [0.5, 0.6) is 0 Å². The molecule has 1 aliphatic rings. The van der Waals surface area contributed by atoms with E-state index in [-0.39, 0.29) is 47.8 Å². The molecule has 202 valence electrons. The van der Waals surface area contributed by atoms with Gasteiger partial charge in [-0.3, -0.25) is 24.0 Å². The second-order valence-corrected chi connectivity index (χ2v) is 9.33. The van der Waals surface area contributed by atoms with Gasteiger partial charge in [0.25, 0.3) is 5.91 Å². The van der Waals surface area contributed by atoms with Crippen molar-refractivity contribution in [3.8, 4) is 11.5 Å². The maximum atomic E-state index is 13.0. The van der Waals surface area contributed by atoms with Crippen LogP contribution in [0.25, 0.3) is 11.5 Å². The zero-order valence-corrected chi connectivity index (χ0v) is 20.5. The molecule has 1 saturated heterocycles. The number of anilines is 3. The molecular weight excluding hydrogens is 509 g/mol. The number of primary amides is 1. The molecule has 12 nitrogen and oxygen atoms in total. The monoisotopic (exact) mass is 534 g/mol. The maximum Gasteiger partial charge on any atom is 0.405 e. The lowest BCUT2D eigenvalue weighted by molar-refractivity contribution is -0.124. The second-order valence-electron chi connectivity index (χ2n) is 9.33. The normalized spacial score (nSPS) is 15.1. The van der Waals surface area contributed by atoms with Gasteiger partial charge in [0.05, 0.1) is 6.20 Å². The molecule has 0 aliphatic carbocycles. The highest BCUT2D eigenvalue weighted by Crippen LogP contribution is 2.36. The number of nitrogens with two attached hydrogens (primary N) is 1. The van der Waals surface area contributed by atoms with E-state index in [1.54, 1.807) is 0 Å². The molecule has 1 aliphatic heterocycles. The summed E-state index contributed by atoms with van der Waals surface area (Å²) in [7, 11) is 0. The number of rotatable bonds is 9. The summed E-state index contributed by atoms with van der Waals surface area (Å²) in [5.41, 5.74) is 5.03. The molecule has 38 heavy (non-hydrogen) atoms. The smallest absolute Gasteiger partial charge is 0.405 e. The summed E-state index contributed by atoms with van der Waals surface area (Å²) >= 11 is 0. The van der Waals surface area contributed by atoms with Crippen molar-refractivity contribution in [2.75, 3.05) is 28.6 Å². The SMILES string of the molecule is CC1(C)CCN(c2nn(CCC(N)=O)cc2NC(=O)c2coc(-c3ccnc(NCC(F)(F)F)c3)n2)C1=O. The summed E-state index contributed by atoms with van der Waals surface area (Å²) in [6.07, 6.45) is 0.0254. The van der Waals surface area contributed by atoms with Crippen LogP contribution in [0.3, 0.4) is 0 Å². The fourth-order valence-corrected chi connectivity index (χ4v) is 3.75. The van der Waals surface area contributed by atoms with Gasteiger partial charge in [-0.25, -0.2) is 9.97 Å². The standard InChI is InChI=1S/C23H25F3N8O4/c1-22(2)5-8-34(21(22)37)18-14(10-33(32-18)7-4-16(27)35)30-19(36)15-11-38-20(31-15)13-3-6-28-17(9-13)29-12-23(24,25)26/h3,6,9-11H,4-5,7-8,12H2,1-2H3,(H2,27,35)(H,28,29)(H,30,36). The number of pyridine rings is 1. The van der Waals surface area contributed by atoms with Crippen molar-refractivity contribution in [2.24, 2.45) is 11.1 Å². The fourth-order valence-electron chi connectivity index (χ4n) is 3.75. The summed E-state index contributed by atoms with van der Waals surface area (Å²) in [6.45, 7) is 2.90. The Morgan fingerprint density at radius 2 is 2.05 bits per heavy atom. The van der Waals surface area contributed by atoms with Crippen LogP contribution in [0, 0.1) is 5.41 Å². The van der Waals surface area contributed by atoms with Crippen LogP contribution in [-0.2, 0) is 16.1 Å². The van der Waals surface area contributed by atoms with Crippen molar-refractivity contribution in [3.05, 3.63) is 36.5 Å². The number of aromatic nitrogens is 4. The van der Waals surface area contributed by atoms with Crippen LogP contribution in [0.1, 0.15) is 37.2 Å². The minimum Gasteiger partial charge on any atom is -0.444 e. The number of carbonyl (C=O) groups excluding carboxylic acids is 3. The number of nitrogens with zero attached hydrogens (tertiary/aromatic N) is 5. The van der Waals surface area contributed by atoms with E-state index in [0.29, 0.717) is 18.5 Å². The molecule has 0 bridgehead atoms. The number of oxazole rings is 1. The molecule has 3 aromatic heterocycles. The molecule has 0 unspecified atom stereocenters. The average molecular weight is 534 g/mol. The summed E-state index contributed by atoms with van der Waals surface area (Å²) in [5, 5.41) is 9.22. The summed E-state index contributed by atoms with van der Waals surface area (Å²) in [4.78, 5) is 46.5. The molecule has 0 atom stereocenters. The number of halogens is 3. The van der Waals surface area contributed by atoms with Crippen LogP contribution < -0.4 is 21.3 Å². The quantitative estimate of drug-likeness (QED) is 0.378. The number of amides is 3. The Balaban J connectivity index is 1.54. The molecule has 1 fully saturated rings. The van der Waals surface area contributed by atoms with E-state index in [1.165, 1.54) is 34.1 Å². The van der Waals surface area contributed by atoms with Gasteiger partial charge in [-0.05, 0) is 18.6 Å². The highest BCUT2D eigenvalue weighted by atomic mass is 19.4. The van der Waals surface area contributed by atoms with E-state index >= 15 is 0 Å². The first kappa shape index (κ1) is 26.6. The van der Waals surface area contributed by atoms with E-state index in [1.807, 2.05) is 13.8 Å². The Morgan fingerprint density at radius 3 is 2.71 bits per heavy atom. The lowest BCUT2D eigenvalue weighted by Gasteiger charge is -2.18. The highest BCUT2D eigenvalue weighted by Gasteiger charge is 2.41. The van der Waals surface area contributed by atoms with Gasteiger partial charge >= 0.3 is 6.18 Å². The number of alkyl halides is 3. The second kappa shape index (κ2) is 10.1. The van der Waals surface area contributed by atoms with E-state index < -0.39 is 30.0 Å². The molecule has 0 aromatic carbocycles.